The standard InChI is InChI=1S/C12H17NO3/c1-7(2)9-6-8(11(13)12(14)15)4-5-10(9)16-3/h4-7,11H,13H2,1-3H3,(H,14,15). The Labute approximate surface area is 95.0 Å². The summed E-state index contributed by atoms with van der Waals surface area (Å²) < 4.78 is 5.21. The van der Waals surface area contributed by atoms with Gasteiger partial charge in [-0.2, -0.15) is 0 Å². The quantitative estimate of drug-likeness (QED) is 0.817. The monoisotopic (exact) mass is 223 g/mol. The third-order valence-corrected chi connectivity index (χ3v) is 2.50. The van der Waals surface area contributed by atoms with Gasteiger partial charge in [0.1, 0.15) is 11.8 Å². The molecule has 0 amide bonds. The average molecular weight is 223 g/mol. The molecule has 0 aliphatic heterocycles. The van der Waals surface area contributed by atoms with Crippen LogP contribution in [-0.4, -0.2) is 18.2 Å². The summed E-state index contributed by atoms with van der Waals surface area (Å²) in [4.78, 5) is 10.8. The van der Waals surface area contributed by atoms with Gasteiger partial charge < -0.3 is 15.6 Å². The van der Waals surface area contributed by atoms with E-state index in [1.807, 2.05) is 13.8 Å². The van der Waals surface area contributed by atoms with Gasteiger partial charge in [-0.05, 0) is 29.2 Å². The van der Waals surface area contributed by atoms with E-state index in [9.17, 15) is 4.79 Å². The van der Waals surface area contributed by atoms with E-state index in [1.165, 1.54) is 0 Å². The van der Waals surface area contributed by atoms with Gasteiger partial charge in [0.25, 0.3) is 0 Å². The highest BCUT2D eigenvalue weighted by molar-refractivity contribution is 5.75. The van der Waals surface area contributed by atoms with Crippen LogP contribution in [0.1, 0.15) is 36.9 Å². The van der Waals surface area contributed by atoms with Crippen molar-refractivity contribution in [3.8, 4) is 5.75 Å². The number of aliphatic carboxylic acids is 1. The number of nitrogens with two attached hydrogens (primary N) is 1. The maximum atomic E-state index is 10.8. The third kappa shape index (κ3) is 2.52. The molecule has 0 fully saturated rings. The summed E-state index contributed by atoms with van der Waals surface area (Å²) in [5, 5.41) is 8.84. The zero-order valence-corrected chi connectivity index (χ0v) is 9.73. The zero-order valence-electron chi connectivity index (χ0n) is 9.73. The molecule has 16 heavy (non-hydrogen) atoms. The minimum Gasteiger partial charge on any atom is -0.496 e. The fourth-order valence-electron chi connectivity index (χ4n) is 1.54. The van der Waals surface area contributed by atoms with E-state index in [0.717, 1.165) is 11.3 Å². The summed E-state index contributed by atoms with van der Waals surface area (Å²) in [6, 6.07) is 4.25. The molecule has 1 atom stereocenters. The highest BCUT2D eigenvalue weighted by Gasteiger charge is 2.17. The molecule has 1 rings (SSSR count). The van der Waals surface area contributed by atoms with Crippen molar-refractivity contribution in [2.24, 2.45) is 5.73 Å². The molecule has 0 spiro atoms. The lowest BCUT2D eigenvalue weighted by molar-refractivity contribution is -0.138. The molecule has 0 saturated carbocycles. The van der Waals surface area contributed by atoms with Gasteiger partial charge in [-0.1, -0.05) is 19.9 Å². The summed E-state index contributed by atoms with van der Waals surface area (Å²) in [7, 11) is 1.60. The average Bonchev–Trinajstić information content (AvgIpc) is 2.26. The number of ether oxygens (including phenoxy) is 1. The van der Waals surface area contributed by atoms with E-state index in [1.54, 1.807) is 25.3 Å². The van der Waals surface area contributed by atoms with Crippen LogP contribution in [0, 0.1) is 0 Å². The number of carbonyl (C=O) groups is 1. The highest BCUT2D eigenvalue weighted by atomic mass is 16.5. The first-order valence-corrected chi connectivity index (χ1v) is 5.13. The van der Waals surface area contributed by atoms with Crippen molar-refractivity contribution in [2.45, 2.75) is 25.8 Å². The summed E-state index contributed by atoms with van der Waals surface area (Å²) in [6.07, 6.45) is 0. The molecule has 0 radical (unpaired) electrons. The van der Waals surface area contributed by atoms with E-state index in [0.29, 0.717) is 5.56 Å². The van der Waals surface area contributed by atoms with Crippen molar-refractivity contribution in [2.75, 3.05) is 7.11 Å². The molecule has 1 aromatic carbocycles. The Balaban J connectivity index is 3.16. The van der Waals surface area contributed by atoms with Crippen molar-refractivity contribution in [1.82, 2.24) is 0 Å². The van der Waals surface area contributed by atoms with Crippen LogP contribution in [0.3, 0.4) is 0 Å². The fraction of sp³-hybridized carbons (Fsp3) is 0.417. The predicted molar refractivity (Wildman–Crippen MR) is 61.6 cm³/mol. The molecule has 0 bridgehead atoms. The largest absolute Gasteiger partial charge is 0.496 e. The number of methoxy groups -OCH3 is 1. The first-order valence-electron chi connectivity index (χ1n) is 5.13. The van der Waals surface area contributed by atoms with Crippen molar-refractivity contribution >= 4 is 5.97 Å². The summed E-state index contributed by atoms with van der Waals surface area (Å²) in [6.45, 7) is 4.04. The van der Waals surface area contributed by atoms with Crippen molar-refractivity contribution in [3.05, 3.63) is 29.3 Å². The van der Waals surface area contributed by atoms with Gasteiger partial charge in [-0.3, -0.25) is 4.79 Å². The molecule has 1 unspecified atom stereocenters. The first-order chi connectivity index (χ1) is 7.47. The lowest BCUT2D eigenvalue weighted by Gasteiger charge is -2.15. The van der Waals surface area contributed by atoms with Crippen LogP contribution in [0.4, 0.5) is 0 Å². The van der Waals surface area contributed by atoms with Crippen molar-refractivity contribution < 1.29 is 14.6 Å². The van der Waals surface area contributed by atoms with E-state index >= 15 is 0 Å². The Morgan fingerprint density at radius 2 is 2.06 bits per heavy atom. The second-order valence-corrected chi connectivity index (χ2v) is 3.97. The third-order valence-electron chi connectivity index (χ3n) is 2.50. The Hall–Kier alpha value is -1.55. The van der Waals surface area contributed by atoms with Gasteiger partial charge in [0.2, 0.25) is 0 Å². The summed E-state index contributed by atoms with van der Waals surface area (Å²) >= 11 is 0. The lowest BCUT2D eigenvalue weighted by Crippen LogP contribution is -2.20. The second kappa shape index (κ2) is 4.99. The highest BCUT2D eigenvalue weighted by Crippen LogP contribution is 2.28. The first kappa shape index (κ1) is 12.5. The number of hydrogen-bond donors (Lipinski definition) is 2. The molecule has 0 aromatic heterocycles. The van der Waals surface area contributed by atoms with Crippen LogP contribution in [0.15, 0.2) is 18.2 Å². The maximum Gasteiger partial charge on any atom is 0.325 e. The molecule has 3 N–H and O–H groups in total. The molecule has 0 heterocycles. The Bertz CT molecular complexity index is 388. The predicted octanol–water partition coefficient (Wildman–Crippen LogP) is 1.90. The van der Waals surface area contributed by atoms with Gasteiger partial charge >= 0.3 is 5.97 Å². The topological polar surface area (TPSA) is 72.5 Å². The number of carboxylic acid groups (broad SMARTS) is 1. The number of rotatable bonds is 4. The Kier molecular flexibility index (Phi) is 3.90. The van der Waals surface area contributed by atoms with Crippen LogP contribution in [0.5, 0.6) is 5.75 Å². The number of carboxylic acids is 1. The van der Waals surface area contributed by atoms with Crippen molar-refractivity contribution in [1.29, 1.82) is 0 Å². The molecule has 88 valence electrons. The van der Waals surface area contributed by atoms with E-state index < -0.39 is 12.0 Å². The maximum absolute atomic E-state index is 10.8. The summed E-state index contributed by atoms with van der Waals surface area (Å²) in [5.74, 6) is -0.00731. The lowest BCUT2D eigenvalue weighted by atomic mass is 9.97. The SMILES string of the molecule is COc1ccc(C(N)C(=O)O)cc1C(C)C. The van der Waals surface area contributed by atoms with Crippen LogP contribution in [0.2, 0.25) is 0 Å². The molecule has 0 aliphatic rings. The van der Waals surface area contributed by atoms with Crippen LogP contribution in [0.25, 0.3) is 0 Å². The molecule has 4 nitrogen and oxygen atoms in total. The van der Waals surface area contributed by atoms with Gasteiger partial charge in [0, 0.05) is 0 Å². The number of hydrogen-bond acceptors (Lipinski definition) is 3. The minimum atomic E-state index is -1.03. The van der Waals surface area contributed by atoms with Crippen LogP contribution < -0.4 is 10.5 Å². The normalized spacial score (nSPS) is 12.6. The van der Waals surface area contributed by atoms with E-state index in [2.05, 4.69) is 0 Å². The molecule has 0 aliphatic carbocycles. The van der Waals surface area contributed by atoms with Crippen LogP contribution >= 0.6 is 0 Å². The smallest absolute Gasteiger partial charge is 0.325 e. The van der Waals surface area contributed by atoms with Gasteiger partial charge in [-0.15, -0.1) is 0 Å². The van der Waals surface area contributed by atoms with Gasteiger partial charge in [-0.25, -0.2) is 0 Å². The summed E-state index contributed by atoms with van der Waals surface area (Å²) in [5.41, 5.74) is 7.12. The van der Waals surface area contributed by atoms with Crippen LogP contribution in [-0.2, 0) is 4.79 Å². The van der Waals surface area contributed by atoms with Crippen molar-refractivity contribution in [3.63, 3.8) is 0 Å². The molecule has 0 saturated heterocycles. The Morgan fingerprint density at radius 1 is 1.44 bits per heavy atom. The van der Waals surface area contributed by atoms with Gasteiger partial charge in [0.05, 0.1) is 7.11 Å². The van der Waals surface area contributed by atoms with E-state index in [-0.39, 0.29) is 5.92 Å². The Morgan fingerprint density at radius 3 is 2.50 bits per heavy atom. The fourth-order valence-corrected chi connectivity index (χ4v) is 1.54. The molecule has 1 aromatic rings. The minimum absolute atomic E-state index is 0.260. The zero-order chi connectivity index (χ0) is 12.3. The molecule has 4 heteroatoms. The molecular formula is C12H17NO3. The van der Waals surface area contributed by atoms with E-state index in [4.69, 9.17) is 15.6 Å². The van der Waals surface area contributed by atoms with Gasteiger partial charge in [0.15, 0.2) is 0 Å². The molecular weight excluding hydrogens is 206 g/mol. The number of benzene rings is 1. The second-order valence-electron chi connectivity index (χ2n) is 3.97.